The van der Waals surface area contributed by atoms with Crippen LogP contribution in [0.25, 0.3) is 0 Å². The maximum Gasteiger partial charge on any atom is 0.0710 e. The fourth-order valence-corrected chi connectivity index (χ4v) is 2.16. The van der Waals surface area contributed by atoms with Crippen LogP contribution in [0, 0.1) is 11.8 Å². The average molecular weight is 188 g/mol. The Hall–Kier alpha value is -1.08. The van der Waals surface area contributed by atoms with E-state index in [-0.39, 0.29) is 0 Å². The van der Waals surface area contributed by atoms with Gasteiger partial charge in [0.25, 0.3) is 0 Å². The summed E-state index contributed by atoms with van der Waals surface area (Å²) in [6, 6.07) is 0. The van der Waals surface area contributed by atoms with Crippen LogP contribution in [0.5, 0.6) is 0 Å². The third-order valence-electron chi connectivity index (χ3n) is 2.81. The molecule has 0 saturated heterocycles. The van der Waals surface area contributed by atoms with Crippen molar-refractivity contribution in [2.75, 3.05) is 13.7 Å². The molecule has 2 atom stereocenters. The van der Waals surface area contributed by atoms with Crippen molar-refractivity contribution in [1.82, 2.24) is 0 Å². The highest BCUT2D eigenvalue weighted by molar-refractivity contribution is 5.43. The summed E-state index contributed by atoms with van der Waals surface area (Å²) in [7, 11) is 1.74. The van der Waals surface area contributed by atoms with Crippen LogP contribution in [0.4, 0.5) is 0 Å². The number of hydrogen-bond donors (Lipinski definition) is 0. The second-order valence-electron chi connectivity index (χ2n) is 3.95. The van der Waals surface area contributed by atoms with Gasteiger partial charge >= 0.3 is 0 Å². The van der Waals surface area contributed by atoms with Crippen molar-refractivity contribution in [3.63, 3.8) is 0 Å². The predicted molar refractivity (Wildman–Crippen MR) is 59.0 cm³/mol. The number of hydrogen-bond acceptors (Lipinski definition) is 1. The van der Waals surface area contributed by atoms with Crippen molar-refractivity contribution < 1.29 is 4.74 Å². The minimum atomic E-state index is 0.570. The van der Waals surface area contributed by atoms with Gasteiger partial charge in [0, 0.05) is 13.0 Å². The van der Waals surface area contributed by atoms with Crippen LogP contribution in [0.15, 0.2) is 47.6 Å². The standard InChI is InChI=1S/C13H16O/c1-10-7-11(9-14-2)8-12-5-3-4-6-13(10)12/h3-8,10,13H,9H2,1-2H3. The first-order valence-corrected chi connectivity index (χ1v) is 5.07. The lowest BCUT2D eigenvalue weighted by molar-refractivity contribution is 0.227. The zero-order valence-electron chi connectivity index (χ0n) is 8.73. The first-order chi connectivity index (χ1) is 6.81. The van der Waals surface area contributed by atoms with Crippen molar-refractivity contribution in [1.29, 1.82) is 0 Å². The van der Waals surface area contributed by atoms with Gasteiger partial charge in [-0.15, -0.1) is 0 Å². The molecule has 0 radical (unpaired) electrons. The maximum atomic E-state index is 5.15. The van der Waals surface area contributed by atoms with Gasteiger partial charge in [-0.1, -0.05) is 43.4 Å². The van der Waals surface area contributed by atoms with E-state index in [1.165, 1.54) is 11.1 Å². The van der Waals surface area contributed by atoms with Crippen molar-refractivity contribution in [3.8, 4) is 0 Å². The van der Waals surface area contributed by atoms with Crippen molar-refractivity contribution in [2.45, 2.75) is 6.92 Å². The molecule has 0 aromatic heterocycles. The van der Waals surface area contributed by atoms with Crippen LogP contribution in [0.3, 0.4) is 0 Å². The number of allylic oxidation sites excluding steroid dienone is 6. The first-order valence-electron chi connectivity index (χ1n) is 5.07. The Morgan fingerprint density at radius 1 is 1.36 bits per heavy atom. The Morgan fingerprint density at radius 3 is 3.00 bits per heavy atom. The fourth-order valence-electron chi connectivity index (χ4n) is 2.16. The zero-order chi connectivity index (χ0) is 9.97. The smallest absolute Gasteiger partial charge is 0.0710 e. The fraction of sp³-hybridized carbons (Fsp3) is 0.385. The molecule has 2 aliphatic rings. The summed E-state index contributed by atoms with van der Waals surface area (Å²) in [5.74, 6) is 1.15. The van der Waals surface area contributed by atoms with Crippen molar-refractivity contribution in [3.05, 3.63) is 47.6 Å². The second kappa shape index (κ2) is 3.97. The Balaban J connectivity index is 2.24. The minimum absolute atomic E-state index is 0.570. The van der Waals surface area contributed by atoms with E-state index in [1.54, 1.807) is 7.11 Å². The molecule has 0 saturated carbocycles. The summed E-state index contributed by atoms with van der Waals surface area (Å²) in [6.07, 6.45) is 13.3. The molecule has 2 aliphatic carbocycles. The van der Waals surface area contributed by atoms with Gasteiger partial charge in [0.1, 0.15) is 0 Å². The predicted octanol–water partition coefficient (Wildman–Crippen LogP) is 2.88. The molecule has 0 fully saturated rings. The molecular weight excluding hydrogens is 172 g/mol. The molecule has 0 bridgehead atoms. The van der Waals surface area contributed by atoms with E-state index in [9.17, 15) is 0 Å². The van der Waals surface area contributed by atoms with E-state index >= 15 is 0 Å². The van der Waals surface area contributed by atoms with Crippen molar-refractivity contribution in [2.24, 2.45) is 11.8 Å². The molecule has 0 aromatic rings. The number of rotatable bonds is 2. The van der Waals surface area contributed by atoms with Gasteiger partial charge in [-0.3, -0.25) is 0 Å². The Labute approximate surface area is 85.5 Å². The Bertz CT molecular complexity index is 331. The lowest BCUT2D eigenvalue weighted by Gasteiger charge is -2.26. The van der Waals surface area contributed by atoms with Gasteiger partial charge < -0.3 is 4.74 Å². The van der Waals surface area contributed by atoms with Crippen LogP contribution in [-0.2, 0) is 4.74 Å². The van der Waals surface area contributed by atoms with Crippen LogP contribution in [0.1, 0.15) is 6.92 Å². The SMILES string of the molecule is COCC1=CC(C)C2C=CC=CC2=C1. The number of methoxy groups -OCH3 is 1. The lowest BCUT2D eigenvalue weighted by Crippen LogP contribution is -2.16. The molecule has 0 N–H and O–H groups in total. The lowest BCUT2D eigenvalue weighted by atomic mass is 9.79. The van der Waals surface area contributed by atoms with E-state index in [0.717, 1.165) is 6.61 Å². The van der Waals surface area contributed by atoms with Crippen LogP contribution in [0.2, 0.25) is 0 Å². The highest BCUT2D eigenvalue weighted by Gasteiger charge is 2.21. The largest absolute Gasteiger partial charge is 0.380 e. The maximum absolute atomic E-state index is 5.15. The summed E-state index contributed by atoms with van der Waals surface area (Å²) < 4.78 is 5.15. The molecule has 0 amide bonds. The molecule has 1 nitrogen and oxygen atoms in total. The molecule has 74 valence electrons. The molecule has 0 heterocycles. The molecule has 0 aromatic carbocycles. The monoisotopic (exact) mass is 188 g/mol. The van der Waals surface area contributed by atoms with Gasteiger partial charge in [0.15, 0.2) is 0 Å². The highest BCUT2D eigenvalue weighted by Crippen LogP contribution is 2.32. The van der Waals surface area contributed by atoms with Gasteiger partial charge in [-0.25, -0.2) is 0 Å². The van der Waals surface area contributed by atoms with E-state index in [0.29, 0.717) is 11.8 Å². The summed E-state index contributed by atoms with van der Waals surface area (Å²) in [5, 5.41) is 0. The second-order valence-corrected chi connectivity index (χ2v) is 3.95. The van der Waals surface area contributed by atoms with E-state index in [1.807, 2.05) is 0 Å². The van der Waals surface area contributed by atoms with Gasteiger partial charge in [-0.2, -0.15) is 0 Å². The number of ether oxygens (including phenoxy) is 1. The summed E-state index contributed by atoms with van der Waals surface area (Å²) in [4.78, 5) is 0. The Morgan fingerprint density at radius 2 is 2.21 bits per heavy atom. The molecule has 0 spiro atoms. The molecule has 2 rings (SSSR count). The van der Waals surface area contributed by atoms with Crippen LogP contribution >= 0.6 is 0 Å². The average Bonchev–Trinajstić information content (AvgIpc) is 2.18. The van der Waals surface area contributed by atoms with Crippen molar-refractivity contribution >= 4 is 0 Å². The molecule has 2 unspecified atom stereocenters. The van der Waals surface area contributed by atoms with Gasteiger partial charge in [-0.05, 0) is 17.1 Å². The van der Waals surface area contributed by atoms with Crippen LogP contribution < -0.4 is 0 Å². The van der Waals surface area contributed by atoms with Gasteiger partial charge in [0.05, 0.1) is 6.61 Å². The molecule has 14 heavy (non-hydrogen) atoms. The van der Waals surface area contributed by atoms with E-state index < -0.39 is 0 Å². The van der Waals surface area contributed by atoms with Gasteiger partial charge in [0.2, 0.25) is 0 Å². The summed E-state index contributed by atoms with van der Waals surface area (Å²) in [6.45, 7) is 2.98. The summed E-state index contributed by atoms with van der Waals surface area (Å²) >= 11 is 0. The first kappa shape index (κ1) is 9.47. The molecule has 0 aliphatic heterocycles. The highest BCUT2D eigenvalue weighted by atomic mass is 16.5. The molecule has 1 heteroatoms. The number of fused-ring (bicyclic) bond motifs is 1. The molecular formula is C13H16O. The van der Waals surface area contributed by atoms with E-state index in [4.69, 9.17) is 4.74 Å². The zero-order valence-corrected chi connectivity index (χ0v) is 8.73. The summed E-state index contributed by atoms with van der Waals surface area (Å²) in [5.41, 5.74) is 2.71. The third kappa shape index (κ3) is 1.73. The third-order valence-corrected chi connectivity index (χ3v) is 2.81. The topological polar surface area (TPSA) is 9.23 Å². The normalized spacial score (nSPS) is 29.6. The van der Waals surface area contributed by atoms with E-state index in [2.05, 4.69) is 43.4 Å². The van der Waals surface area contributed by atoms with Crippen LogP contribution in [-0.4, -0.2) is 13.7 Å². The quantitative estimate of drug-likeness (QED) is 0.647. The minimum Gasteiger partial charge on any atom is -0.380 e. The Kier molecular flexibility index (Phi) is 2.69.